The molecule has 0 aromatic heterocycles. The molecule has 6 heterocycles. The van der Waals surface area contributed by atoms with E-state index in [-0.39, 0.29) is 35.6 Å². The summed E-state index contributed by atoms with van der Waals surface area (Å²) in [4.78, 5) is 28.8. The SMILES string of the molecule is C=C(C)CCCC1(C)OC(=O)C23CC=C4C(CCC5C4(C)CCC(OC4OCC(O)C(O)C4OC4OC(C)C(OC6OC(CO)C(O)C(OC7OC(CO)C(O)C(OC)C7O)C6O)C(O)C4OC4OCC(O)C(O)C4O)C5(C)C)C2(C)CC(=O)C13. The third kappa shape index (κ3) is 11.1. The molecule has 10 aliphatic rings. The molecule has 6 saturated heterocycles. The van der Waals surface area contributed by atoms with Crippen molar-refractivity contribution < 1.29 is 128 Å². The quantitative estimate of drug-likeness (QED) is 0.0437. The number of rotatable bonds is 17. The normalized spacial score (nSPS) is 52.3. The molecule has 9 fully saturated rings. The molecule has 85 heavy (non-hydrogen) atoms. The Balaban J connectivity index is 0.875. The summed E-state index contributed by atoms with van der Waals surface area (Å²) in [5, 5.41) is 132. The van der Waals surface area contributed by atoms with E-state index in [9.17, 15) is 70.9 Å². The number of carbonyl (C=O) groups is 2. The smallest absolute Gasteiger partial charge is 0.314 e. The lowest BCUT2D eigenvalue weighted by Crippen LogP contribution is -2.68. The van der Waals surface area contributed by atoms with Gasteiger partial charge in [-0.2, -0.15) is 0 Å². The molecule has 0 amide bonds. The van der Waals surface area contributed by atoms with Gasteiger partial charge in [0.25, 0.3) is 0 Å². The van der Waals surface area contributed by atoms with Crippen LogP contribution in [-0.4, -0.2) is 260 Å². The van der Waals surface area contributed by atoms with Gasteiger partial charge in [0.1, 0.15) is 115 Å². The van der Waals surface area contributed by atoms with Crippen molar-refractivity contribution in [2.75, 3.05) is 33.5 Å². The van der Waals surface area contributed by atoms with Crippen LogP contribution >= 0.6 is 0 Å². The maximum absolute atomic E-state index is 14.4. The molecule has 0 bridgehead atoms. The molecule has 31 atom stereocenters. The van der Waals surface area contributed by atoms with E-state index in [0.717, 1.165) is 24.8 Å². The number of allylic oxidation sites excluding steroid dienone is 3. The third-order valence-corrected chi connectivity index (χ3v) is 21.6. The fourth-order valence-electron chi connectivity index (χ4n) is 17.0. The number of Topliss-reactive ketones (excluding diaryl/α,β-unsaturated/α-hetero) is 1. The Labute approximate surface area is 494 Å². The van der Waals surface area contributed by atoms with Crippen LogP contribution in [0.4, 0.5) is 0 Å². The predicted octanol–water partition coefficient (Wildman–Crippen LogP) is -1.75. The minimum Gasteiger partial charge on any atom is -0.458 e. The number of ether oxygens (including phenoxy) is 12. The molecule has 0 aromatic carbocycles. The van der Waals surface area contributed by atoms with Crippen molar-refractivity contribution in [3.05, 3.63) is 23.8 Å². The second-order valence-corrected chi connectivity index (χ2v) is 27.2. The van der Waals surface area contributed by atoms with Crippen LogP contribution in [0.2, 0.25) is 0 Å². The van der Waals surface area contributed by atoms with E-state index < -0.39 is 195 Å². The highest BCUT2D eigenvalue weighted by atomic mass is 16.8. The molecule has 6 aliphatic heterocycles. The lowest BCUT2D eigenvalue weighted by molar-refractivity contribution is -0.403. The first-order valence-corrected chi connectivity index (χ1v) is 30.2. The molecule has 26 nitrogen and oxygen atoms in total. The first-order chi connectivity index (χ1) is 40.0. The van der Waals surface area contributed by atoms with Crippen LogP contribution in [0.15, 0.2) is 23.8 Å². The molecule has 26 heteroatoms. The van der Waals surface area contributed by atoms with E-state index in [2.05, 4.69) is 40.3 Å². The van der Waals surface area contributed by atoms with Gasteiger partial charge in [-0.1, -0.05) is 44.9 Å². The van der Waals surface area contributed by atoms with Crippen LogP contribution in [-0.2, 0) is 66.4 Å². The summed E-state index contributed by atoms with van der Waals surface area (Å²) < 4.78 is 72.7. The van der Waals surface area contributed by atoms with Gasteiger partial charge in [0.15, 0.2) is 31.5 Å². The second-order valence-electron chi connectivity index (χ2n) is 27.2. The number of esters is 1. The van der Waals surface area contributed by atoms with Crippen molar-refractivity contribution in [1.29, 1.82) is 0 Å². The van der Waals surface area contributed by atoms with Gasteiger partial charge in [-0.05, 0) is 100 Å². The fraction of sp³-hybridized carbons (Fsp3) is 0.898. The predicted molar refractivity (Wildman–Crippen MR) is 287 cm³/mol. The molecule has 12 N–H and O–H groups in total. The van der Waals surface area contributed by atoms with E-state index in [4.69, 9.17) is 56.8 Å². The molecule has 0 aromatic rings. The summed E-state index contributed by atoms with van der Waals surface area (Å²) in [6.45, 7) is 15.5. The zero-order valence-corrected chi connectivity index (χ0v) is 49.6. The molecule has 0 radical (unpaired) electrons. The van der Waals surface area contributed by atoms with Gasteiger partial charge in [0.05, 0.1) is 50.0 Å². The van der Waals surface area contributed by atoms with Gasteiger partial charge in [-0.15, -0.1) is 6.58 Å². The lowest BCUT2D eigenvalue weighted by Gasteiger charge is -2.63. The first kappa shape index (κ1) is 65.6. The van der Waals surface area contributed by atoms with E-state index in [1.54, 1.807) is 0 Å². The summed E-state index contributed by atoms with van der Waals surface area (Å²) in [5.41, 5.74) is -1.22. The molecule has 10 rings (SSSR count). The average molecular weight is 1220 g/mol. The second kappa shape index (κ2) is 24.7. The van der Waals surface area contributed by atoms with Crippen molar-refractivity contribution in [1.82, 2.24) is 0 Å². The Morgan fingerprint density at radius 3 is 1.86 bits per heavy atom. The molecule has 31 unspecified atom stereocenters. The van der Waals surface area contributed by atoms with Crippen LogP contribution in [0, 0.1) is 39.4 Å². The number of ketones is 1. The number of hydrogen-bond donors (Lipinski definition) is 12. The molecular weight excluding hydrogens is 1120 g/mol. The highest BCUT2D eigenvalue weighted by Crippen LogP contribution is 2.75. The number of aliphatic hydroxyl groups is 12. The van der Waals surface area contributed by atoms with Gasteiger partial charge >= 0.3 is 5.97 Å². The zero-order valence-electron chi connectivity index (χ0n) is 49.6. The maximum Gasteiger partial charge on any atom is 0.314 e. The van der Waals surface area contributed by atoms with Crippen LogP contribution in [0.5, 0.6) is 0 Å². The summed E-state index contributed by atoms with van der Waals surface area (Å²) in [5.74, 6) is -0.785. The van der Waals surface area contributed by atoms with Gasteiger partial charge < -0.3 is 118 Å². The Morgan fingerprint density at radius 1 is 0.647 bits per heavy atom. The Hall–Kier alpha value is -2.30. The van der Waals surface area contributed by atoms with Gasteiger partial charge in [0.2, 0.25) is 0 Å². The molecule has 4 aliphatic carbocycles. The summed E-state index contributed by atoms with van der Waals surface area (Å²) in [7, 11) is 1.19. The van der Waals surface area contributed by atoms with Crippen LogP contribution < -0.4 is 0 Å². The number of cyclic esters (lactones) is 1. The lowest BCUT2D eigenvalue weighted by atomic mass is 9.41. The zero-order chi connectivity index (χ0) is 61.8. The topological polar surface area (TPSA) is 388 Å². The maximum atomic E-state index is 14.4. The Kier molecular flexibility index (Phi) is 19.1. The van der Waals surface area contributed by atoms with Gasteiger partial charge in [-0.3, -0.25) is 9.59 Å². The molecule has 484 valence electrons. The van der Waals surface area contributed by atoms with Crippen molar-refractivity contribution in [2.24, 2.45) is 39.4 Å². The number of hydrogen-bond acceptors (Lipinski definition) is 26. The average Bonchev–Trinajstić information content (AvgIpc) is 1.54. The number of carbonyl (C=O) groups excluding carboxylic acids is 2. The summed E-state index contributed by atoms with van der Waals surface area (Å²) in [6.07, 6.45) is -31.2. The van der Waals surface area contributed by atoms with Crippen LogP contribution in [0.25, 0.3) is 0 Å². The van der Waals surface area contributed by atoms with E-state index >= 15 is 0 Å². The molecule has 3 saturated carbocycles. The van der Waals surface area contributed by atoms with E-state index in [0.29, 0.717) is 38.5 Å². The summed E-state index contributed by atoms with van der Waals surface area (Å²) in [6, 6.07) is 0. The monoisotopic (exact) mass is 1220 g/mol. The van der Waals surface area contributed by atoms with Crippen LogP contribution in [0.3, 0.4) is 0 Å². The highest BCUT2D eigenvalue weighted by Gasteiger charge is 2.79. The van der Waals surface area contributed by atoms with Gasteiger partial charge in [-0.25, -0.2) is 0 Å². The van der Waals surface area contributed by atoms with Crippen LogP contribution in [0.1, 0.15) is 106 Å². The van der Waals surface area contributed by atoms with Crippen molar-refractivity contribution in [3.8, 4) is 0 Å². The molecule has 1 spiro atoms. The minimum atomic E-state index is -2.00. The Bertz CT molecular complexity index is 2430. The molecular formula is C59H92O26. The van der Waals surface area contributed by atoms with E-state index in [1.807, 2.05) is 13.8 Å². The van der Waals surface area contributed by atoms with Crippen molar-refractivity contribution in [2.45, 2.75) is 259 Å². The van der Waals surface area contributed by atoms with E-state index in [1.165, 1.54) is 19.6 Å². The van der Waals surface area contributed by atoms with Gasteiger partial charge in [0, 0.05) is 13.5 Å². The minimum absolute atomic E-state index is 0.0173. The number of fused-ring (bicyclic) bond motifs is 4. The Morgan fingerprint density at radius 2 is 1.22 bits per heavy atom. The highest BCUT2D eigenvalue weighted by molar-refractivity contribution is 5.99. The first-order valence-electron chi connectivity index (χ1n) is 30.2. The third-order valence-electron chi connectivity index (χ3n) is 21.6. The summed E-state index contributed by atoms with van der Waals surface area (Å²) >= 11 is 0. The number of methoxy groups -OCH3 is 1. The van der Waals surface area contributed by atoms with Crippen molar-refractivity contribution in [3.63, 3.8) is 0 Å². The number of aliphatic hydroxyl groups excluding tert-OH is 12. The largest absolute Gasteiger partial charge is 0.458 e. The standard InChI is InChI=1S/C59H92O26/c1-24(2)11-10-16-58(8)48-28(62)19-57(7)27-12-13-33-55(4,5)34(15-17-56(33,6)26(27)14-18-59(48,57)54(73)85-58)80-52-46(36(66)30(64)23-76-52)84-53-47(83-49-39(69)35(65)29(63)22-75-49)40(70)43(25(3)77-53)81-51-42(72)45(38(68)32(21-61)79-51)82-50-41(71)44(74-9)37(67)31(20-60)78-50/h14,25,27,29-53,60-61,63-72H,1,10-13,15-23H2,2-9H3. The van der Waals surface area contributed by atoms with Crippen molar-refractivity contribution >= 4 is 11.8 Å². The fourth-order valence-corrected chi connectivity index (χ4v) is 17.0.